The number of hydrogen-bond acceptors (Lipinski definition) is 4. The lowest BCUT2D eigenvalue weighted by Crippen LogP contribution is -2.45. The van der Waals surface area contributed by atoms with Crippen LogP contribution in [0.15, 0.2) is 53.5 Å². The van der Waals surface area contributed by atoms with Crippen LogP contribution in [0.3, 0.4) is 0 Å². The van der Waals surface area contributed by atoms with E-state index in [-0.39, 0.29) is 18.6 Å². The summed E-state index contributed by atoms with van der Waals surface area (Å²) in [5, 5.41) is 9.64. The highest BCUT2D eigenvalue weighted by Crippen LogP contribution is 2.16. The van der Waals surface area contributed by atoms with Gasteiger partial charge in [-0.1, -0.05) is 23.7 Å². The Kier molecular flexibility index (Phi) is 9.11. The van der Waals surface area contributed by atoms with Gasteiger partial charge in [-0.3, -0.25) is 9.79 Å². The summed E-state index contributed by atoms with van der Waals surface area (Å²) in [4.78, 5) is 16.2. The van der Waals surface area contributed by atoms with E-state index in [0.29, 0.717) is 24.1 Å². The Morgan fingerprint density at radius 2 is 1.69 bits per heavy atom. The first-order valence-electron chi connectivity index (χ1n) is 9.26. The summed E-state index contributed by atoms with van der Waals surface area (Å²) in [6.07, 6.45) is -0.0985. The number of halogens is 1. The van der Waals surface area contributed by atoms with Gasteiger partial charge in [0.15, 0.2) is 5.96 Å². The molecule has 0 spiro atoms. The van der Waals surface area contributed by atoms with Crippen molar-refractivity contribution in [2.24, 2.45) is 4.99 Å². The third kappa shape index (κ3) is 8.31. The average Bonchev–Trinajstić information content (AvgIpc) is 2.74. The molecule has 2 aromatic carbocycles. The van der Waals surface area contributed by atoms with Crippen LogP contribution in [-0.2, 0) is 11.3 Å². The number of guanidine groups is 1. The lowest BCUT2D eigenvalue weighted by Gasteiger charge is -2.17. The van der Waals surface area contributed by atoms with Gasteiger partial charge in [-0.25, -0.2) is 0 Å². The molecule has 7 nitrogen and oxygen atoms in total. The molecule has 0 aliphatic carbocycles. The minimum absolute atomic E-state index is 0.0985. The minimum atomic E-state index is -0.130. The first-order chi connectivity index (χ1) is 14.0. The molecule has 0 aromatic heterocycles. The molecule has 0 radical (unpaired) electrons. The van der Waals surface area contributed by atoms with Crippen molar-refractivity contribution in [1.82, 2.24) is 16.0 Å². The summed E-state index contributed by atoms with van der Waals surface area (Å²) < 4.78 is 10.9. The second-order valence-corrected chi connectivity index (χ2v) is 6.75. The summed E-state index contributed by atoms with van der Waals surface area (Å²) in [6, 6.07) is 14.7. The highest BCUT2D eigenvalue weighted by molar-refractivity contribution is 6.30. The van der Waals surface area contributed by atoms with E-state index in [9.17, 15) is 4.79 Å². The zero-order valence-electron chi connectivity index (χ0n) is 16.9. The maximum atomic E-state index is 12.1. The summed E-state index contributed by atoms with van der Waals surface area (Å²) >= 11 is 5.87. The number of ether oxygens (including phenoxy) is 2. The molecule has 3 N–H and O–H groups in total. The highest BCUT2D eigenvalue weighted by atomic mass is 35.5. The van der Waals surface area contributed by atoms with Crippen molar-refractivity contribution in [3.05, 3.63) is 59.1 Å². The van der Waals surface area contributed by atoms with Gasteiger partial charge in [0, 0.05) is 18.6 Å². The maximum absolute atomic E-state index is 12.1. The van der Waals surface area contributed by atoms with Crippen LogP contribution in [0.2, 0.25) is 5.02 Å². The molecule has 0 heterocycles. The molecule has 29 heavy (non-hydrogen) atoms. The summed E-state index contributed by atoms with van der Waals surface area (Å²) in [7, 11) is 3.27. The minimum Gasteiger partial charge on any atom is -0.497 e. The molecular formula is C21H27ClN4O3. The second-order valence-electron chi connectivity index (χ2n) is 6.31. The lowest BCUT2D eigenvalue weighted by atomic mass is 10.2. The first-order valence-corrected chi connectivity index (χ1v) is 9.64. The van der Waals surface area contributed by atoms with Crippen LogP contribution in [0.4, 0.5) is 0 Å². The molecule has 2 rings (SSSR count). The van der Waals surface area contributed by atoms with Crippen LogP contribution >= 0.6 is 11.6 Å². The lowest BCUT2D eigenvalue weighted by molar-refractivity contribution is -0.120. The van der Waals surface area contributed by atoms with Gasteiger partial charge in [0.05, 0.1) is 20.2 Å². The van der Waals surface area contributed by atoms with Crippen molar-refractivity contribution in [2.75, 3.05) is 27.2 Å². The molecular weight excluding hydrogens is 392 g/mol. The number of aliphatic imine (C=N–C) groups is 1. The van der Waals surface area contributed by atoms with Crippen LogP contribution in [0.5, 0.6) is 11.5 Å². The zero-order chi connectivity index (χ0) is 21.1. The van der Waals surface area contributed by atoms with E-state index < -0.39 is 0 Å². The Balaban J connectivity index is 1.67. The molecule has 0 saturated heterocycles. The van der Waals surface area contributed by atoms with Gasteiger partial charge in [0.1, 0.15) is 17.6 Å². The normalized spacial score (nSPS) is 12.1. The number of benzene rings is 2. The van der Waals surface area contributed by atoms with Crippen LogP contribution in [-0.4, -0.2) is 45.2 Å². The number of amides is 1. The maximum Gasteiger partial charge on any atom is 0.239 e. The first kappa shape index (κ1) is 22.4. The van der Waals surface area contributed by atoms with E-state index >= 15 is 0 Å². The van der Waals surface area contributed by atoms with Gasteiger partial charge in [0.25, 0.3) is 0 Å². The van der Waals surface area contributed by atoms with Gasteiger partial charge in [-0.2, -0.15) is 0 Å². The SMILES string of the molecule is CN=C(NCC(=O)NCc1ccc(OC)cc1)NCC(C)Oc1ccc(Cl)cc1. The van der Waals surface area contributed by atoms with Gasteiger partial charge in [0.2, 0.25) is 5.91 Å². The fourth-order valence-electron chi connectivity index (χ4n) is 2.42. The number of rotatable bonds is 9. The van der Waals surface area contributed by atoms with E-state index in [2.05, 4.69) is 20.9 Å². The highest BCUT2D eigenvalue weighted by Gasteiger charge is 2.07. The van der Waals surface area contributed by atoms with Crippen molar-refractivity contribution in [3.8, 4) is 11.5 Å². The molecule has 0 fully saturated rings. The monoisotopic (exact) mass is 418 g/mol. The molecule has 0 bridgehead atoms. The van der Waals surface area contributed by atoms with Gasteiger partial charge >= 0.3 is 0 Å². The molecule has 0 saturated carbocycles. The zero-order valence-corrected chi connectivity index (χ0v) is 17.6. The van der Waals surface area contributed by atoms with Gasteiger partial charge < -0.3 is 25.4 Å². The quantitative estimate of drug-likeness (QED) is 0.430. The van der Waals surface area contributed by atoms with E-state index in [1.165, 1.54) is 0 Å². The Bertz CT molecular complexity index is 795. The predicted molar refractivity (Wildman–Crippen MR) is 116 cm³/mol. The third-order valence-electron chi connectivity index (χ3n) is 4.00. The third-order valence-corrected chi connectivity index (χ3v) is 4.25. The van der Waals surface area contributed by atoms with Crippen molar-refractivity contribution < 1.29 is 14.3 Å². The van der Waals surface area contributed by atoms with Crippen LogP contribution < -0.4 is 25.4 Å². The van der Waals surface area contributed by atoms with Crippen molar-refractivity contribution in [1.29, 1.82) is 0 Å². The van der Waals surface area contributed by atoms with Crippen LogP contribution in [0.25, 0.3) is 0 Å². The number of hydrogen-bond donors (Lipinski definition) is 3. The van der Waals surface area contributed by atoms with E-state index in [1.54, 1.807) is 26.3 Å². The molecule has 2 aromatic rings. The average molecular weight is 419 g/mol. The predicted octanol–water partition coefficient (Wildman–Crippen LogP) is 2.60. The van der Waals surface area contributed by atoms with Crippen molar-refractivity contribution >= 4 is 23.5 Å². The second kappa shape index (κ2) is 11.8. The van der Waals surface area contributed by atoms with Gasteiger partial charge in [-0.05, 0) is 48.9 Å². The molecule has 0 aliphatic rings. The molecule has 156 valence electrons. The topological polar surface area (TPSA) is 84.0 Å². The summed E-state index contributed by atoms with van der Waals surface area (Å²) in [6.45, 7) is 3.02. The Morgan fingerprint density at radius 1 is 1.03 bits per heavy atom. The Hall–Kier alpha value is -2.93. The molecule has 1 unspecified atom stereocenters. The fourth-order valence-corrected chi connectivity index (χ4v) is 2.54. The standard InChI is InChI=1S/C21H27ClN4O3/c1-15(29-19-10-6-17(22)7-11-19)12-25-21(23-2)26-14-20(27)24-13-16-4-8-18(28-3)9-5-16/h4-11,15H,12-14H2,1-3H3,(H,24,27)(H2,23,25,26). The molecule has 8 heteroatoms. The van der Waals surface area contributed by atoms with Crippen LogP contribution in [0, 0.1) is 0 Å². The number of carbonyl (C=O) groups excluding carboxylic acids is 1. The largest absolute Gasteiger partial charge is 0.497 e. The van der Waals surface area contributed by atoms with E-state index in [1.807, 2.05) is 43.3 Å². The van der Waals surface area contributed by atoms with E-state index in [4.69, 9.17) is 21.1 Å². The van der Waals surface area contributed by atoms with E-state index in [0.717, 1.165) is 17.1 Å². The van der Waals surface area contributed by atoms with Crippen molar-refractivity contribution in [3.63, 3.8) is 0 Å². The van der Waals surface area contributed by atoms with Gasteiger partial charge in [-0.15, -0.1) is 0 Å². The smallest absolute Gasteiger partial charge is 0.239 e. The summed E-state index contributed by atoms with van der Waals surface area (Å²) in [5.74, 6) is 1.92. The number of nitrogens with one attached hydrogen (secondary N) is 3. The fraction of sp³-hybridized carbons (Fsp3) is 0.333. The molecule has 1 atom stereocenters. The number of nitrogens with zero attached hydrogens (tertiary/aromatic N) is 1. The van der Waals surface area contributed by atoms with Crippen molar-refractivity contribution in [2.45, 2.75) is 19.6 Å². The number of carbonyl (C=O) groups is 1. The molecule has 1 amide bonds. The Labute approximate surface area is 176 Å². The molecule has 0 aliphatic heterocycles. The summed E-state index contributed by atoms with van der Waals surface area (Å²) in [5.41, 5.74) is 0.995. The number of methoxy groups -OCH3 is 1. The van der Waals surface area contributed by atoms with Crippen LogP contribution in [0.1, 0.15) is 12.5 Å². The Morgan fingerprint density at radius 3 is 2.31 bits per heavy atom.